The van der Waals surface area contributed by atoms with Crippen LogP contribution in [-0.4, -0.2) is 0 Å². The summed E-state index contributed by atoms with van der Waals surface area (Å²) in [7, 11) is 0. The first-order chi connectivity index (χ1) is 18.3. The first-order valence-corrected chi connectivity index (χ1v) is 18.2. The van der Waals surface area contributed by atoms with Gasteiger partial charge in [-0.3, -0.25) is 0 Å². The Morgan fingerprint density at radius 3 is 1.38 bits per heavy atom. The molecule has 2 aliphatic rings. The Hall–Kier alpha value is -3.12. The van der Waals surface area contributed by atoms with Gasteiger partial charge in [0.05, 0.1) is 0 Å². The number of hydrogen-bond donors (Lipinski definition) is 0. The van der Waals surface area contributed by atoms with Crippen LogP contribution in [0, 0.1) is 0 Å². The summed E-state index contributed by atoms with van der Waals surface area (Å²) in [4.78, 5) is 0. The average molecular weight is 604 g/mol. The molecule has 37 heavy (non-hydrogen) atoms. The van der Waals surface area contributed by atoms with Gasteiger partial charge in [0.15, 0.2) is 0 Å². The summed E-state index contributed by atoms with van der Waals surface area (Å²) >= 11 is -1.17. The van der Waals surface area contributed by atoms with E-state index >= 15 is 0 Å². The van der Waals surface area contributed by atoms with Crippen LogP contribution >= 0.6 is 22.7 Å². The van der Waals surface area contributed by atoms with E-state index in [1.807, 2.05) is 83.6 Å². The molecule has 7 heteroatoms. The van der Waals surface area contributed by atoms with Crippen molar-refractivity contribution in [1.29, 1.82) is 0 Å². The van der Waals surface area contributed by atoms with Crippen molar-refractivity contribution in [3.8, 4) is 33.1 Å². The summed E-state index contributed by atoms with van der Waals surface area (Å²) in [6, 6.07) is 23.6. The van der Waals surface area contributed by atoms with Crippen LogP contribution in [0.15, 0.2) is 127 Å². The van der Waals surface area contributed by atoms with Gasteiger partial charge in [0.2, 0.25) is 0 Å². The van der Waals surface area contributed by atoms with E-state index in [0.29, 0.717) is 23.0 Å². The van der Waals surface area contributed by atoms with Crippen LogP contribution in [0.25, 0.3) is 0 Å². The fraction of sp³-hybridized carbons (Fsp3) is 0.0667. The van der Waals surface area contributed by atoms with E-state index < -0.39 is 21.1 Å². The van der Waals surface area contributed by atoms with Crippen molar-refractivity contribution in [3.05, 3.63) is 127 Å². The molecule has 0 fully saturated rings. The minimum atomic E-state index is -4.27. The predicted octanol–water partition coefficient (Wildman–Crippen LogP) is 9.52. The second kappa shape index (κ2) is 11.1. The van der Waals surface area contributed by atoms with Gasteiger partial charge in [-0.05, 0) is 0 Å². The van der Waals surface area contributed by atoms with Crippen LogP contribution in [0.1, 0.15) is 12.8 Å². The molecule has 0 radical (unpaired) electrons. The number of benzene rings is 2. The Morgan fingerprint density at radius 1 is 0.541 bits per heavy atom. The molecule has 0 unspecified atom stereocenters. The second-order valence-electron chi connectivity index (χ2n) is 8.43. The van der Waals surface area contributed by atoms with Gasteiger partial charge in [-0.25, -0.2) is 0 Å². The molecule has 0 N–H and O–H groups in total. The van der Waals surface area contributed by atoms with Crippen molar-refractivity contribution in [1.82, 2.24) is 0 Å². The molecule has 0 atom stereocenters. The molecule has 4 nitrogen and oxygen atoms in total. The third-order valence-corrected chi connectivity index (χ3v) is 16.0. The van der Waals surface area contributed by atoms with Crippen LogP contribution in [0.4, 0.5) is 0 Å². The van der Waals surface area contributed by atoms with E-state index in [1.165, 1.54) is 6.56 Å². The van der Waals surface area contributed by atoms with Crippen molar-refractivity contribution in [2.24, 2.45) is 0 Å². The minimum absolute atomic E-state index is 0.677. The molecular weight excluding hydrogens is 580 g/mol. The Morgan fingerprint density at radius 2 is 1.00 bits per heavy atom. The summed E-state index contributed by atoms with van der Waals surface area (Å²) < 4.78 is 29.2. The molecule has 0 spiro atoms. The topological polar surface area (TPSA) is 36.9 Å². The summed E-state index contributed by atoms with van der Waals surface area (Å²) in [5.41, 5.74) is 0. The van der Waals surface area contributed by atoms with Gasteiger partial charge in [0, 0.05) is 0 Å². The molecule has 2 heterocycles. The van der Waals surface area contributed by atoms with Crippen molar-refractivity contribution < 1.29 is 36.2 Å². The van der Waals surface area contributed by atoms with E-state index in [2.05, 4.69) is 36.5 Å². The molecule has 6 rings (SSSR count). The average Bonchev–Trinajstić information content (AvgIpc) is 3.75. The SMILES string of the molecule is C1=CC[C]([Zr]([O]c2ccccc2Oc2cccs2)([O]c2ccccc2Oc2cccs2)[C]2=CC=CC2)=C1. The van der Waals surface area contributed by atoms with Crippen LogP contribution in [0.2, 0.25) is 0 Å². The van der Waals surface area contributed by atoms with E-state index in [-0.39, 0.29) is 0 Å². The second-order valence-corrected chi connectivity index (χ2v) is 17.4. The standard InChI is InChI=1S/2C10H8O2S.2C5H5.Zr/c2*11-8-4-1-2-5-9(8)12-10-6-3-7-13-10;2*1-2-4-5-3-1;/h2*1-7,11H;2*1-3H,4H2;/q;;;;+2/p-2. The molecule has 4 aromatic rings. The Bertz CT molecular complexity index is 1370. The van der Waals surface area contributed by atoms with Gasteiger partial charge in [-0.2, -0.15) is 0 Å². The quantitative estimate of drug-likeness (QED) is 0.181. The first-order valence-electron chi connectivity index (χ1n) is 12.0. The monoisotopic (exact) mass is 602 g/mol. The number of hydrogen-bond acceptors (Lipinski definition) is 6. The summed E-state index contributed by atoms with van der Waals surface area (Å²) in [5.74, 6) is 2.72. The Balaban J connectivity index is 1.43. The summed E-state index contributed by atoms with van der Waals surface area (Å²) in [6.07, 6.45) is 14.5. The fourth-order valence-electron chi connectivity index (χ4n) is 4.28. The van der Waals surface area contributed by atoms with Crippen molar-refractivity contribution in [2.75, 3.05) is 0 Å². The molecule has 0 saturated heterocycles. The molecule has 0 saturated carbocycles. The molecule has 2 aromatic heterocycles. The van der Waals surface area contributed by atoms with Gasteiger partial charge >= 0.3 is 231 Å². The molecule has 2 aliphatic carbocycles. The zero-order valence-electron chi connectivity index (χ0n) is 19.9. The normalized spacial score (nSPS) is 14.4. The van der Waals surface area contributed by atoms with E-state index in [9.17, 15) is 0 Å². The molecule has 184 valence electrons. The van der Waals surface area contributed by atoms with Crippen molar-refractivity contribution >= 4 is 22.7 Å². The number of allylic oxidation sites excluding steroid dienone is 8. The van der Waals surface area contributed by atoms with Crippen LogP contribution in [-0.2, 0) is 21.1 Å². The Labute approximate surface area is 230 Å². The number of thiophene rings is 2. The fourth-order valence-corrected chi connectivity index (χ4v) is 13.7. The maximum absolute atomic E-state index is 7.14. The number of rotatable bonds is 10. The predicted molar refractivity (Wildman–Crippen MR) is 147 cm³/mol. The van der Waals surface area contributed by atoms with Gasteiger partial charge in [0.25, 0.3) is 0 Å². The first kappa shape index (κ1) is 24.2. The summed E-state index contributed by atoms with van der Waals surface area (Å²) in [6.45, 7) is 0. The molecule has 0 amide bonds. The molecular formula is C30H24O4S2Zr. The zero-order valence-corrected chi connectivity index (χ0v) is 24.0. The van der Waals surface area contributed by atoms with Gasteiger partial charge in [-0.15, -0.1) is 0 Å². The van der Waals surface area contributed by atoms with E-state index in [0.717, 1.165) is 23.0 Å². The van der Waals surface area contributed by atoms with Crippen LogP contribution in [0.3, 0.4) is 0 Å². The van der Waals surface area contributed by atoms with Crippen LogP contribution in [0.5, 0.6) is 33.1 Å². The molecule has 0 bridgehead atoms. The Kier molecular flexibility index (Phi) is 7.27. The maximum atomic E-state index is 7.14. The zero-order chi connectivity index (χ0) is 24.9. The van der Waals surface area contributed by atoms with E-state index in [4.69, 9.17) is 15.1 Å². The molecule has 0 aliphatic heterocycles. The van der Waals surface area contributed by atoms with Gasteiger partial charge < -0.3 is 0 Å². The number of para-hydroxylation sites is 4. The van der Waals surface area contributed by atoms with E-state index in [1.54, 1.807) is 22.7 Å². The van der Waals surface area contributed by atoms with Gasteiger partial charge in [0.1, 0.15) is 0 Å². The molecule has 2 aromatic carbocycles. The number of ether oxygens (including phenoxy) is 2. The third kappa shape index (κ3) is 5.31. The van der Waals surface area contributed by atoms with Crippen LogP contribution < -0.4 is 15.1 Å². The third-order valence-electron chi connectivity index (χ3n) is 6.00. The van der Waals surface area contributed by atoms with Gasteiger partial charge in [-0.1, -0.05) is 0 Å². The van der Waals surface area contributed by atoms with Crippen molar-refractivity contribution in [2.45, 2.75) is 12.8 Å². The van der Waals surface area contributed by atoms with Crippen molar-refractivity contribution in [3.63, 3.8) is 0 Å². The summed E-state index contributed by atoms with van der Waals surface area (Å²) in [5, 5.41) is 5.63.